The van der Waals surface area contributed by atoms with Gasteiger partial charge in [0.15, 0.2) is 0 Å². The molecule has 1 fully saturated rings. The Morgan fingerprint density at radius 2 is 1.91 bits per heavy atom. The average Bonchev–Trinajstić information content (AvgIpc) is 2.82. The monoisotopic (exact) mass is 482 g/mol. The molecular weight excluding hydrogens is 453 g/mol. The second kappa shape index (κ2) is 10.1. The highest BCUT2D eigenvalue weighted by Crippen LogP contribution is 2.31. The summed E-state index contributed by atoms with van der Waals surface area (Å²) in [5.41, 5.74) is 3.53. The summed E-state index contributed by atoms with van der Waals surface area (Å²) >= 11 is 0. The number of hydrogen-bond acceptors (Lipinski definition) is 4. The van der Waals surface area contributed by atoms with Crippen LogP contribution in [0.3, 0.4) is 0 Å². The normalized spacial score (nSPS) is 18.4. The molecule has 3 heterocycles. The first kappa shape index (κ1) is 24.7. The molecule has 2 aromatic heterocycles. The Morgan fingerprint density at radius 1 is 1.11 bits per heavy atom. The molecule has 1 amide bonds. The minimum atomic E-state index is -4.43. The minimum absolute atomic E-state index is 0.0445. The minimum Gasteiger partial charge on any atom is -0.368 e. The van der Waals surface area contributed by atoms with Gasteiger partial charge in [-0.3, -0.25) is 9.78 Å². The molecule has 0 aliphatic carbocycles. The number of benzene rings is 1. The fourth-order valence-electron chi connectivity index (χ4n) is 4.64. The SMILES string of the molecule is Cc1ccc(-c2ccnc(C)c2)c(C(=O)N2CCCC(C)C2CNc2ccc(C(F)(F)F)cn2)c1. The van der Waals surface area contributed by atoms with Crippen molar-refractivity contribution in [1.82, 2.24) is 14.9 Å². The highest BCUT2D eigenvalue weighted by molar-refractivity contribution is 6.01. The summed E-state index contributed by atoms with van der Waals surface area (Å²) in [6, 6.07) is 12.0. The molecule has 184 valence electrons. The van der Waals surface area contributed by atoms with E-state index in [4.69, 9.17) is 0 Å². The number of rotatable bonds is 5. The van der Waals surface area contributed by atoms with Gasteiger partial charge in [0, 0.05) is 36.7 Å². The lowest BCUT2D eigenvalue weighted by molar-refractivity contribution is -0.137. The number of carbonyl (C=O) groups excluding carboxylic acids is 1. The molecule has 1 aliphatic rings. The maximum atomic E-state index is 13.9. The van der Waals surface area contributed by atoms with Crippen molar-refractivity contribution in [2.45, 2.75) is 45.8 Å². The van der Waals surface area contributed by atoms with Crippen LogP contribution in [0.4, 0.5) is 19.0 Å². The lowest BCUT2D eigenvalue weighted by Crippen LogP contribution is -2.51. The van der Waals surface area contributed by atoms with E-state index < -0.39 is 11.7 Å². The molecule has 4 rings (SSSR count). The lowest BCUT2D eigenvalue weighted by Gasteiger charge is -2.40. The molecule has 0 spiro atoms. The van der Waals surface area contributed by atoms with Crippen molar-refractivity contribution in [2.75, 3.05) is 18.4 Å². The van der Waals surface area contributed by atoms with Gasteiger partial charge in [0.1, 0.15) is 5.82 Å². The first-order valence-electron chi connectivity index (χ1n) is 11.8. The van der Waals surface area contributed by atoms with E-state index in [0.29, 0.717) is 24.5 Å². The molecule has 35 heavy (non-hydrogen) atoms. The van der Waals surface area contributed by atoms with Crippen LogP contribution in [0.15, 0.2) is 54.9 Å². The molecule has 2 unspecified atom stereocenters. The second-order valence-electron chi connectivity index (χ2n) is 9.23. The van der Waals surface area contributed by atoms with Gasteiger partial charge in [0.25, 0.3) is 5.91 Å². The van der Waals surface area contributed by atoms with E-state index in [9.17, 15) is 18.0 Å². The molecule has 0 bridgehead atoms. The molecule has 1 aliphatic heterocycles. The molecule has 0 saturated carbocycles. The Kier molecular flexibility index (Phi) is 7.10. The summed E-state index contributed by atoms with van der Waals surface area (Å²) < 4.78 is 38.5. The van der Waals surface area contributed by atoms with Crippen LogP contribution >= 0.6 is 0 Å². The topological polar surface area (TPSA) is 58.1 Å². The molecule has 3 aromatic rings. The fraction of sp³-hybridized carbons (Fsp3) is 0.370. The van der Waals surface area contributed by atoms with Gasteiger partial charge in [0.2, 0.25) is 0 Å². The number of nitrogens with one attached hydrogen (secondary N) is 1. The highest BCUT2D eigenvalue weighted by atomic mass is 19.4. The summed E-state index contributed by atoms with van der Waals surface area (Å²) in [6.07, 6.45) is 0.0144. The highest BCUT2D eigenvalue weighted by Gasteiger charge is 2.34. The van der Waals surface area contributed by atoms with Crippen LogP contribution in [-0.4, -0.2) is 39.9 Å². The Labute approximate surface area is 203 Å². The van der Waals surface area contributed by atoms with Crippen molar-refractivity contribution in [3.8, 4) is 11.1 Å². The van der Waals surface area contributed by atoms with Crippen molar-refractivity contribution in [2.24, 2.45) is 5.92 Å². The molecule has 1 N–H and O–H groups in total. The molecule has 1 saturated heterocycles. The van der Waals surface area contributed by atoms with Crippen molar-refractivity contribution in [3.05, 3.63) is 77.2 Å². The molecule has 0 radical (unpaired) electrons. The number of hydrogen-bond donors (Lipinski definition) is 1. The van der Waals surface area contributed by atoms with Gasteiger partial charge in [-0.2, -0.15) is 13.2 Å². The van der Waals surface area contributed by atoms with Crippen LogP contribution in [0.1, 0.15) is 46.9 Å². The summed E-state index contributed by atoms with van der Waals surface area (Å²) in [5.74, 6) is 0.537. The number of alkyl halides is 3. The van der Waals surface area contributed by atoms with E-state index >= 15 is 0 Å². The quantitative estimate of drug-likeness (QED) is 0.475. The molecule has 8 heteroatoms. The third-order valence-electron chi connectivity index (χ3n) is 6.57. The first-order valence-corrected chi connectivity index (χ1v) is 11.8. The number of likely N-dealkylation sites (tertiary alicyclic amines) is 1. The predicted molar refractivity (Wildman–Crippen MR) is 130 cm³/mol. The van der Waals surface area contributed by atoms with Crippen LogP contribution in [0, 0.1) is 19.8 Å². The number of aromatic nitrogens is 2. The number of amides is 1. The largest absolute Gasteiger partial charge is 0.417 e. The molecular formula is C27H29F3N4O. The average molecular weight is 483 g/mol. The maximum absolute atomic E-state index is 13.9. The van der Waals surface area contributed by atoms with E-state index in [2.05, 4.69) is 22.2 Å². The number of carbonyl (C=O) groups is 1. The number of halogens is 3. The zero-order valence-corrected chi connectivity index (χ0v) is 20.1. The number of pyridine rings is 2. The zero-order valence-electron chi connectivity index (χ0n) is 20.1. The molecule has 2 atom stereocenters. The van der Waals surface area contributed by atoms with Gasteiger partial charge in [-0.05, 0) is 74.1 Å². The summed E-state index contributed by atoms with van der Waals surface area (Å²) in [4.78, 5) is 24.0. The van der Waals surface area contributed by atoms with Crippen LogP contribution in [0.2, 0.25) is 0 Å². The Balaban J connectivity index is 1.58. The van der Waals surface area contributed by atoms with Crippen molar-refractivity contribution >= 4 is 11.7 Å². The summed E-state index contributed by atoms with van der Waals surface area (Å²) in [7, 11) is 0. The van der Waals surface area contributed by atoms with Crippen LogP contribution < -0.4 is 5.32 Å². The lowest BCUT2D eigenvalue weighted by atomic mass is 9.89. The fourth-order valence-corrected chi connectivity index (χ4v) is 4.64. The number of anilines is 1. The van der Waals surface area contributed by atoms with Crippen molar-refractivity contribution in [1.29, 1.82) is 0 Å². The van der Waals surface area contributed by atoms with Crippen molar-refractivity contribution < 1.29 is 18.0 Å². The number of nitrogens with zero attached hydrogens (tertiary/aromatic N) is 3. The summed E-state index contributed by atoms with van der Waals surface area (Å²) in [5, 5.41) is 3.14. The molecule has 1 aromatic carbocycles. The van der Waals surface area contributed by atoms with Gasteiger partial charge >= 0.3 is 6.18 Å². The Hall–Kier alpha value is -3.42. The van der Waals surface area contributed by atoms with E-state index in [1.165, 1.54) is 6.07 Å². The summed E-state index contributed by atoms with van der Waals surface area (Å²) in [6.45, 7) is 7.02. The van der Waals surface area contributed by atoms with Gasteiger partial charge in [-0.1, -0.05) is 24.6 Å². The smallest absolute Gasteiger partial charge is 0.368 e. The molecule has 5 nitrogen and oxygen atoms in total. The van der Waals surface area contributed by atoms with Crippen LogP contribution in [-0.2, 0) is 6.18 Å². The standard InChI is InChI=1S/C27H29F3N4O/c1-17-6-8-22(20-10-11-31-19(3)14-20)23(13-17)26(35)34-12-4-5-18(2)24(34)16-33-25-9-7-21(15-32-25)27(28,29)30/h6-11,13-15,18,24H,4-5,12,16H2,1-3H3,(H,32,33). The first-order chi connectivity index (χ1) is 16.6. The number of aryl methyl sites for hydroxylation is 2. The van der Waals surface area contributed by atoms with Gasteiger partial charge < -0.3 is 10.2 Å². The predicted octanol–water partition coefficient (Wildman–Crippen LogP) is 6.13. The third kappa shape index (κ3) is 5.63. The van der Waals surface area contributed by atoms with Gasteiger partial charge in [0.05, 0.1) is 11.6 Å². The van der Waals surface area contributed by atoms with Crippen LogP contribution in [0.25, 0.3) is 11.1 Å². The van der Waals surface area contributed by atoms with Crippen molar-refractivity contribution in [3.63, 3.8) is 0 Å². The van der Waals surface area contributed by atoms with Crippen LogP contribution in [0.5, 0.6) is 0 Å². The van der Waals surface area contributed by atoms with E-state index in [1.54, 1.807) is 6.20 Å². The maximum Gasteiger partial charge on any atom is 0.417 e. The second-order valence-corrected chi connectivity index (χ2v) is 9.23. The van der Waals surface area contributed by atoms with E-state index in [1.807, 2.05) is 49.1 Å². The number of piperidine rings is 1. The zero-order chi connectivity index (χ0) is 25.2. The Morgan fingerprint density at radius 3 is 2.60 bits per heavy atom. The van der Waals surface area contributed by atoms with E-state index in [0.717, 1.165) is 47.5 Å². The Bertz CT molecular complexity index is 1190. The van der Waals surface area contributed by atoms with Gasteiger partial charge in [-0.25, -0.2) is 4.98 Å². The third-order valence-corrected chi connectivity index (χ3v) is 6.57. The van der Waals surface area contributed by atoms with E-state index in [-0.39, 0.29) is 17.9 Å². The van der Waals surface area contributed by atoms with Gasteiger partial charge in [-0.15, -0.1) is 0 Å².